The van der Waals surface area contributed by atoms with Crippen molar-refractivity contribution in [3.05, 3.63) is 0 Å². The van der Waals surface area contributed by atoms with E-state index in [0.29, 0.717) is 12.2 Å². The fourth-order valence-electron chi connectivity index (χ4n) is 1.75. The smallest absolute Gasteiger partial charge is 0.408 e. The lowest BCUT2D eigenvalue weighted by Gasteiger charge is -2.31. The summed E-state index contributed by atoms with van der Waals surface area (Å²) in [4.78, 5) is 23.5. The quantitative estimate of drug-likeness (QED) is 0.752. The van der Waals surface area contributed by atoms with Crippen molar-refractivity contribution >= 4 is 23.8 Å². The van der Waals surface area contributed by atoms with Crippen molar-refractivity contribution in [3.63, 3.8) is 0 Å². The number of nitrogens with one attached hydrogen (secondary N) is 1. The van der Waals surface area contributed by atoms with E-state index >= 15 is 0 Å². The first kappa shape index (κ1) is 16.1. The van der Waals surface area contributed by atoms with Crippen LogP contribution in [0.25, 0.3) is 0 Å². The lowest BCUT2D eigenvalue weighted by Crippen LogP contribution is -2.58. The molecule has 0 aromatic rings. The molecule has 0 saturated carbocycles. The standard InChI is InChI=1S/C12H21NO5S/c1-11(2,3)18-10(15)13-8(9(14)17-4)12(16)5-6-19-7-12/h8,16H,5-7H2,1-4H3,(H,13,15). The summed E-state index contributed by atoms with van der Waals surface area (Å²) in [6.45, 7) is 5.17. The molecule has 1 aliphatic heterocycles. The average molecular weight is 291 g/mol. The molecule has 1 fully saturated rings. The van der Waals surface area contributed by atoms with Gasteiger partial charge in [-0.15, -0.1) is 0 Å². The summed E-state index contributed by atoms with van der Waals surface area (Å²) in [6.07, 6.45) is -0.319. The van der Waals surface area contributed by atoms with Gasteiger partial charge in [-0.3, -0.25) is 0 Å². The minimum absolute atomic E-state index is 0.378. The normalized spacial score (nSPS) is 24.7. The second-order valence-electron chi connectivity index (χ2n) is 5.51. The van der Waals surface area contributed by atoms with Crippen LogP contribution in [0, 0.1) is 0 Å². The second kappa shape index (κ2) is 6.00. The Morgan fingerprint density at radius 3 is 2.47 bits per heavy atom. The van der Waals surface area contributed by atoms with Crippen molar-refractivity contribution < 1.29 is 24.2 Å². The molecule has 6 nitrogen and oxygen atoms in total. The number of hydrogen-bond acceptors (Lipinski definition) is 6. The molecule has 0 radical (unpaired) electrons. The van der Waals surface area contributed by atoms with Gasteiger partial charge in [0.1, 0.15) is 11.2 Å². The summed E-state index contributed by atoms with van der Waals surface area (Å²) >= 11 is 1.53. The third-order valence-electron chi connectivity index (χ3n) is 2.67. The lowest BCUT2D eigenvalue weighted by molar-refractivity contribution is -0.149. The van der Waals surface area contributed by atoms with Gasteiger partial charge in [0.15, 0.2) is 6.04 Å². The zero-order chi connectivity index (χ0) is 14.7. The molecule has 110 valence electrons. The predicted octanol–water partition coefficient (Wildman–Crippen LogP) is 0.921. The molecule has 2 N–H and O–H groups in total. The van der Waals surface area contributed by atoms with Gasteiger partial charge < -0.3 is 19.9 Å². The van der Waals surface area contributed by atoms with E-state index in [1.54, 1.807) is 20.8 Å². The van der Waals surface area contributed by atoms with Gasteiger partial charge in [-0.1, -0.05) is 0 Å². The van der Waals surface area contributed by atoms with Crippen LogP contribution in [0.15, 0.2) is 0 Å². The van der Waals surface area contributed by atoms with Crippen molar-refractivity contribution in [3.8, 4) is 0 Å². The molecular weight excluding hydrogens is 270 g/mol. The number of carbonyl (C=O) groups is 2. The molecule has 1 saturated heterocycles. The molecule has 0 bridgehead atoms. The minimum atomic E-state index is -1.28. The summed E-state index contributed by atoms with van der Waals surface area (Å²) < 4.78 is 9.73. The highest BCUT2D eigenvalue weighted by molar-refractivity contribution is 7.99. The van der Waals surface area contributed by atoms with Crippen molar-refractivity contribution in [2.24, 2.45) is 0 Å². The van der Waals surface area contributed by atoms with Crippen LogP contribution >= 0.6 is 11.8 Å². The van der Waals surface area contributed by atoms with Crippen LogP contribution in [0.4, 0.5) is 4.79 Å². The SMILES string of the molecule is COC(=O)C(NC(=O)OC(C)(C)C)C1(O)CCSC1. The third-order valence-corrected chi connectivity index (χ3v) is 3.86. The molecule has 19 heavy (non-hydrogen) atoms. The Morgan fingerprint density at radius 2 is 2.05 bits per heavy atom. The van der Waals surface area contributed by atoms with Crippen molar-refractivity contribution in [1.29, 1.82) is 0 Å². The zero-order valence-corrected chi connectivity index (χ0v) is 12.5. The summed E-state index contributed by atoms with van der Waals surface area (Å²) in [6, 6.07) is -1.11. The Hall–Kier alpha value is -0.950. The average Bonchev–Trinajstić information content (AvgIpc) is 2.70. The van der Waals surface area contributed by atoms with Gasteiger partial charge in [0.05, 0.1) is 7.11 Å². The number of methoxy groups -OCH3 is 1. The van der Waals surface area contributed by atoms with Crippen molar-refractivity contribution in [2.75, 3.05) is 18.6 Å². The Balaban J connectivity index is 2.76. The van der Waals surface area contributed by atoms with E-state index < -0.39 is 29.3 Å². The van der Waals surface area contributed by atoms with Gasteiger partial charge in [-0.2, -0.15) is 11.8 Å². The molecule has 2 unspecified atom stereocenters. The number of carbonyl (C=O) groups excluding carboxylic acids is 2. The Labute approximate surface area is 117 Å². The molecular formula is C12H21NO5S. The minimum Gasteiger partial charge on any atom is -0.467 e. The number of esters is 1. The monoisotopic (exact) mass is 291 g/mol. The number of rotatable bonds is 3. The second-order valence-corrected chi connectivity index (χ2v) is 6.61. The number of thioether (sulfide) groups is 1. The third kappa shape index (κ3) is 4.58. The molecule has 0 aliphatic carbocycles. The molecule has 0 aromatic heterocycles. The van der Waals surface area contributed by atoms with Gasteiger partial charge in [0, 0.05) is 5.75 Å². The summed E-state index contributed by atoms with van der Waals surface area (Å²) in [5, 5.41) is 12.8. The summed E-state index contributed by atoms with van der Waals surface area (Å²) in [5.41, 5.74) is -1.95. The van der Waals surface area contributed by atoms with Gasteiger partial charge in [-0.05, 0) is 32.9 Å². The molecule has 2 atom stereocenters. The van der Waals surface area contributed by atoms with Crippen molar-refractivity contribution in [2.45, 2.75) is 44.4 Å². The van der Waals surface area contributed by atoms with Crippen LogP contribution in [0.3, 0.4) is 0 Å². The molecule has 1 aliphatic rings. The van der Waals surface area contributed by atoms with E-state index in [-0.39, 0.29) is 0 Å². The highest BCUT2D eigenvalue weighted by Crippen LogP contribution is 2.31. The number of amides is 1. The number of ether oxygens (including phenoxy) is 2. The van der Waals surface area contributed by atoms with E-state index in [4.69, 9.17) is 4.74 Å². The maximum Gasteiger partial charge on any atom is 0.408 e. The number of alkyl carbamates (subject to hydrolysis) is 1. The zero-order valence-electron chi connectivity index (χ0n) is 11.7. The Morgan fingerprint density at radius 1 is 1.42 bits per heavy atom. The number of hydrogen-bond donors (Lipinski definition) is 2. The molecule has 1 heterocycles. The topological polar surface area (TPSA) is 84.9 Å². The molecule has 0 aromatic carbocycles. The van der Waals surface area contributed by atoms with E-state index in [0.717, 1.165) is 5.75 Å². The fraction of sp³-hybridized carbons (Fsp3) is 0.833. The van der Waals surface area contributed by atoms with Crippen LogP contribution in [0.2, 0.25) is 0 Å². The molecule has 0 spiro atoms. The highest BCUT2D eigenvalue weighted by atomic mass is 32.2. The van der Waals surface area contributed by atoms with Crippen LogP contribution < -0.4 is 5.32 Å². The Kier molecular flexibility index (Phi) is 5.09. The first-order chi connectivity index (χ1) is 8.68. The molecule has 1 amide bonds. The Bertz CT molecular complexity index is 347. The molecule has 1 rings (SSSR count). The number of aliphatic hydroxyl groups is 1. The van der Waals surface area contributed by atoms with Crippen LogP contribution in [0.1, 0.15) is 27.2 Å². The summed E-state index contributed by atoms with van der Waals surface area (Å²) in [5.74, 6) is 0.443. The first-order valence-corrected chi connectivity index (χ1v) is 7.21. The predicted molar refractivity (Wildman–Crippen MR) is 72.1 cm³/mol. The van der Waals surface area contributed by atoms with E-state index in [1.165, 1.54) is 18.9 Å². The largest absolute Gasteiger partial charge is 0.467 e. The van der Waals surface area contributed by atoms with Gasteiger partial charge in [0.25, 0.3) is 0 Å². The maximum atomic E-state index is 11.7. The van der Waals surface area contributed by atoms with Crippen molar-refractivity contribution in [1.82, 2.24) is 5.32 Å². The summed E-state index contributed by atoms with van der Waals surface area (Å²) in [7, 11) is 1.22. The highest BCUT2D eigenvalue weighted by Gasteiger charge is 2.46. The van der Waals surface area contributed by atoms with Crippen LogP contribution in [-0.4, -0.2) is 53.0 Å². The fourth-order valence-corrected chi connectivity index (χ4v) is 3.06. The van der Waals surface area contributed by atoms with Crippen LogP contribution in [-0.2, 0) is 14.3 Å². The van der Waals surface area contributed by atoms with E-state index in [9.17, 15) is 14.7 Å². The van der Waals surface area contributed by atoms with Gasteiger partial charge >= 0.3 is 12.1 Å². The van der Waals surface area contributed by atoms with E-state index in [1.807, 2.05) is 0 Å². The van der Waals surface area contributed by atoms with E-state index in [2.05, 4.69) is 10.1 Å². The first-order valence-electron chi connectivity index (χ1n) is 6.05. The lowest BCUT2D eigenvalue weighted by atomic mass is 9.93. The molecule has 7 heteroatoms. The maximum absolute atomic E-state index is 11.7. The van der Waals surface area contributed by atoms with Gasteiger partial charge in [-0.25, -0.2) is 9.59 Å². The van der Waals surface area contributed by atoms with Gasteiger partial charge in [0.2, 0.25) is 0 Å². The van der Waals surface area contributed by atoms with Crippen LogP contribution in [0.5, 0.6) is 0 Å².